The maximum atomic E-state index is 13.5. The smallest absolute Gasteiger partial charge is 0.191 e. The van der Waals surface area contributed by atoms with Crippen molar-refractivity contribution < 1.29 is 8.78 Å². The van der Waals surface area contributed by atoms with Crippen molar-refractivity contribution in [2.24, 2.45) is 12.0 Å². The molecule has 0 aliphatic rings. The Morgan fingerprint density at radius 2 is 2.04 bits per heavy atom. The van der Waals surface area contributed by atoms with Crippen molar-refractivity contribution in [1.29, 1.82) is 0 Å². The monoisotopic (exact) mass is 322 g/mol. The van der Waals surface area contributed by atoms with Crippen LogP contribution >= 0.6 is 0 Å². The lowest BCUT2D eigenvalue weighted by molar-refractivity contribution is 0.583. The van der Waals surface area contributed by atoms with Gasteiger partial charge in [0.2, 0.25) is 0 Å². The molecule has 2 rings (SSSR count). The summed E-state index contributed by atoms with van der Waals surface area (Å²) < 4.78 is 28.5. The number of halogens is 2. The molecule has 0 bridgehead atoms. The Balaban J connectivity index is 1.83. The van der Waals surface area contributed by atoms with E-state index in [1.54, 1.807) is 7.05 Å². The fourth-order valence-corrected chi connectivity index (χ4v) is 2.04. The Kier molecular flexibility index (Phi) is 5.61. The van der Waals surface area contributed by atoms with Crippen molar-refractivity contribution >= 4 is 5.96 Å². The third-order valence-electron chi connectivity index (χ3n) is 3.51. The van der Waals surface area contributed by atoms with E-state index >= 15 is 0 Å². The average molecular weight is 322 g/mol. The molecule has 1 heterocycles. The number of aryl methyl sites for hydroxylation is 1. The lowest BCUT2D eigenvalue weighted by atomic mass is 10.1. The average Bonchev–Trinajstić information content (AvgIpc) is 2.85. The molecule has 8 heteroatoms. The van der Waals surface area contributed by atoms with Crippen molar-refractivity contribution in [1.82, 2.24) is 25.4 Å². The topological polar surface area (TPSA) is 67.1 Å². The first-order valence-corrected chi connectivity index (χ1v) is 7.24. The van der Waals surface area contributed by atoms with Gasteiger partial charge in [0, 0.05) is 20.6 Å². The summed E-state index contributed by atoms with van der Waals surface area (Å²) in [5, 5.41) is 14.2. The predicted octanol–water partition coefficient (Wildman–Crippen LogP) is 1.31. The first-order chi connectivity index (χ1) is 11.0. The summed E-state index contributed by atoms with van der Waals surface area (Å²) in [5.41, 5.74) is 0.330. The van der Waals surface area contributed by atoms with Crippen LogP contribution in [-0.2, 0) is 20.0 Å². The lowest BCUT2D eigenvalue weighted by Crippen LogP contribution is -2.38. The molecule has 0 aliphatic carbocycles. The normalized spacial score (nSPS) is 11.6. The van der Waals surface area contributed by atoms with Crippen molar-refractivity contribution in [3.05, 3.63) is 47.0 Å². The van der Waals surface area contributed by atoms with Gasteiger partial charge in [0.25, 0.3) is 0 Å². The fourth-order valence-electron chi connectivity index (χ4n) is 2.04. The lowest BCUT2D eigenvalue weighted by Gasteiger charge is -2.12. The molecule has 0 spiro atoms. The highest BCUT2D eigenvalue weighted by Crippen LogP contribution is 2.09. The summed E-state index contributed by atoms with van der Waals surface area (Å²) in [7, 11) is 3.52. The van der Waals surface area contributed by atoms with Crippen LogP contribution in [0.25, 0.3) is 0 Å². The number of aromatic nitrogens is 3. The number of hydrogen-bond donors (Lipinski definition) is 2. The van der Waals surface area contributed by atoms with E-state index < -0.39 is 11.6 Å². The summed E-state index contributed by atoms with van der Waals surface area (Å²) in [4.78, 5) is 4.08. The summed E-state index contributed by atoms with van der Waals surface area (Å²) in [6.07, 6.45) is 0.355. The molecule has 1 aromatic heterocycles. The number of nitrogens with one attached hydrogen (secondary N) is 2. The molecule has 1 aromatic carbocycles. The quantitative estimate of drug-likeness (QED) is 0.643. The standard InChI is InChI=1S/C15H20F2N6/c1-10-21-22-14(23(10)3)9-20-15(18-2)19-7-6-11-8-12(16)4-5-13(11)17/h4-5,8H,6-7,9H2,1-3H3,(H2,18,19,20). The largest absolute Gasteiger partial charge is 0.356 e. The van der Waals surface area contributed by atoms with Gasteiger partial charge < -0.3 is 15.2 Å². The second kappa shape index (κ2) is 7.66. The maximum Gasteiger partial charge on any atom is 0.191 e. The first-order valence-electron chi connectivity index (χ1n) is 7.24. The number of guanidine groups is 1. The van der Waals surface area contributed by atoms with Crippen LogP contribution in [0.15, 0.2) is 23.2 Å². The maximum absolute atomic E-state index is 13.5. The van der Waals surface area contributed by atoms with Crippen molar-refractivity contribution in [2.45, 2.75) is 19.9 Å². The summed E-state index contributed by atoms with van der Waals surface area (Å²) in [6, 6.07) is 3.44. The Morgan fingerprint density at radius 3 is 2.70 bits per heavy atom. The van der Waals surface area contributed by atoms with Gasteiger partial charge in [0.05, 0.1) is 6.54 Å². The minimum Gasteiger partial charge on any atom is -0.356 e. The van der Waals surface area contributed by atoms with E-state index in [0.29, 0.717) is 31.0 Å². The zero-order chi connectivity index (χ0) is 16.8. The zero-order valence-electron chi connectivity index (χ0n) is 13.4. The van der Waals surface area contributed by atoms with Crippen LogP contribution in [0.2, 0.25) is 0 Å². The molecule has 124 valence electrons. The van der Waals surface area contributed by atoms with E-state index in [9.17, 15) is 8.78 Å². The summed E-state index contributed by atoms with van der Waals surface area (Å²) in [5.74, 6) is 1.31. The van der Waals surface area contributed by atoms with Crippen LogP contribution in [0.3, 0.4) is 0 Å². The van der Waals surface area contributed by atoms with Crippen molar-refractivity contribution in [3.63, 3.8) is 0 Å². The second-order valence-electron chi connectivity index (χ2n) is 5.06. The number of hydrogen-bond acceptors (Lipinski definition) is 3. The molecule has 0 amide bonds. The molecular weight excluding hydrogens is 302 g/mol. The Morgan fingerprint density at radius 1 is 1.26 bits per heavy atom. The van der Waals surface area contributed by atoms with Crippen LogP contribution in [0.1, 0.15) is 17.2 Å². The Bertz CT molecular complexity index is 695. The van der Waals surface area contributed by atoms with Crippen LogP contribution < -0.4 is 10.6 Å². The van der Waals surface area contributed by atoms with E-state index in [2.05, 4.69) is 25.8 Å². The van der Waals surface area contributed by atoms with E-state index in [-0.39, 0.29) is 0 Å². The van der Waals surface area contributed by atoms with Gasteiger partial charge in [0.1, 0.15) is 17.5 Å². The number of benzene rings is 1. The van der Waals surface area contributed by atoms with E-state index in [1.165, 1.54) is 6.07 Å². The number of rotatable bonds is 5. The second-order valence-corrected chi connectivity index (χ2v) is 5.06. The first kappa shape index (κ1) is 16.9. The predicted molar refractivity (Wildman–Crippen MR) is 84.0 cm³/mol. The van der Waals surface area contributed by atoms with Crippen LogP contribution in [0.4, 0.5) is 8.78 Å². The van der Waals surface area contributed by atoms with Crippen LogP contribution in [-0.4, -0.2) is 34.3 Å². The van der Waals surface area contributed by atoms with Crippen LogP contribution in [0.5, 0.6) is 0 Å². The molecule has 0 saturated carbocycles. The van der Waals surface area contributed by atoms with E-state index in [0.717, 1.165) is 23.8 Å². The molecule has 0 fully saturated rings. The number of nitrogens with zero attached hydrogens (tertiary/aromatic N) is 4. The zero-order valence-corrected chi connectivity index (χ0v) is 13.4. The van der Waals surface area contributed by atoms with Gasteiger partial charge in [-0.05, 0) is 37.1 Å². The van der Waals surface area contributed by atoms with Gasteiger partial charge in [-0.15, -0.1) is 10.2 Å². The molecular formula is C15H20F2N6. The van der Waals surface area contributed by atoms with E-state index in [1.807, 2.05) is 18.5 Å². The molecule has 0 radical (unpaired) electrons. The Hall–Kier alpha value is -2.51. The Labute approximate surface area is 133 Å². The fraction of sp³-hybridized carbons (Fsp3) is 0.400. The molecule has 2 N–H and O–H groups in total. The molecule has 2 aromatic rings. The van der Waals surface area contributed by atoms with Crippen LogP contribution in [0, 0.1) is 18.6 Å². The van der Waals surface area contributed by atoms with Gasteiger partial charge in [-0.2, -0.15) is 0 Å². The molecule has 0 unspecified atom stereocenters. The van der Waals surface area contributed by atoms with Gasteiger partial charge in [0.15, 0.2) is 11.8 Å². The van der Waals surface area contributed by atoms with E-state index in [4.69, 9.17) is 0 Å². The summed E-state index contributed by atoms with van der Waals surface area (Å²) >= 11 is 0. The third kappa shape index (κ3) is 4.48. The highest BCUT2D eigenvalue weighted by molar-refractivity contribution is 5.79. The van der Waals surface area contributed by atoms with Gasteiger partial charge >= 0.3 is 0 Å². The summed E-state index contributed by atoms with van der Waals surface area (Å²) in [6.45, 7) is 2.76. The highest BCUT2D eigenvalue weighted by atomic mass is 19.1. The molecule has 6 nitrogen and oxygen atoms in total. The SMILES string of the molecule is CN=C(NCCc1cc(F)ccc1F)NCc1nnc(C)n1C. The van der Waals surface area contributed by atoms with Gasteiger partial charge in [-0.1, -0.05) is 0 Å². The molecule has 23 heavy (non-hydrogen) atoms. The molecule has 0 atom stereocenters. The van der Waals surface area contributed by atoms with Crippen molar-refractivity contribution in [2.75, 3.05) is 13.6 Å². The molecule has 0 saturated heterocycles. The minimum atomic E-state index is -0.443. The number of aliphatic imine (C=N–C) groups is 1. The van der Waals surface area contributed by atoms with Gasteiger partial charge in [-0.3, -0.25) is 4.99 Å². The minimum absolute atomic E-state index is 0.330. The molecule has 0 aliphatic heterocycles. The third-order valence-corrected chi connectivity index (χ3v) is 3.51. The van der Waals surface area contributed by atoms with Gasteiger partial charge in [-0.25, -0.2) is 8.78 Å². The van der Waals surface area contributed by atoms with Crippen molar-refractivity contribution in [3.8, 4) is 0 Å². The highest BCUT2D eigenvalue weighted by Gasteiger charge is 2.07.